The number of piperazine rings is 1. The number of imidazole rings is 1. The number of ether oxygens (including phenoxy) is 1. The zero-order valence-corrected chi connectivity index (χ0v) is 17.5. The SMILES string of the molecule is CC(=O)N1CCN(c2ccc(-c3nc4nc(OC5CCC5)[nH]c4cc3Cl)cn2)CC1. The van der Waals surface area contributed by atoms with Crippen LogP contribution in [-0.4, -0.2) is 63.0 Å². The standard InChI is InChI=1S/C21H23ClN6O2/c1-13(29)27-7-9-28(10-8-27)18-6-5-14(12-23-18)19-16(22)11-17-20(25-19)26-21(24-17)30-15-3-2-4-15/h5-6,11-12,15H,2-4,7-10H2,1H3,(H,24,25,26). The molecular weight excluding hydrogens is 404 g/mol. The van der Waals surface area contributed by atoms with E-state index in [0.29, 0.717) is 35.5 Å². The summed E-state index contributed by atoms with van der Waals surface area (Å²) in [5.74, 6) is 1.00. The Morgan fingerprint density at radius 1 is 1.20 bits per heavy atom. The summed E-state index contributed by atoms with van der Waals surface area (Å²) in [4.78, 5) is 32.4. The van der Waals surface area contributed by atoms with Crippen molar-refractivity contribution in [1.29, 1.82) is 0 Å². The van der Waals surface area contributed by atoms with Gasteiger partial charge in [-0.25, -0.2) is 9.97 Å². The third-order valence-corrected chi connectivity index (χ3v) is 6.09. The molecule has 0 radical (unpaired) electrons. The predicted molar refractivity (Wildman–Crippen MR) is 115 cm³/mol. The Kier molecular flexibility index (Phi) is 4.94. The number of carbonyl (C=O) groups is 1. The Balaban J connectivity index is 1.34. The molecule has 4 heterocycles. The van der Waals surface area contributed by atoms with Crippen LogP contribution in [-0.2, 0) is 4.79 Å². The summed E-state index contributed by atoms with van der Waals surface area (Å²) < 4.78 is 5.83. The summed E-state index contributed by atoms with van der Waals surface area (Å²) in [5, 5.41) is 0.533. The van der Waals surface area contributed by atoms with Gasteiger partial charge < -0.3 is 19.5 Å². The lowest BCUT2D eigenvalue weighted by Crippen LogP contribution is -2.48. The average molecular weight is 427 g/mol. The largest absolute Gasteiger partial charge is 0.461 e. The molecule has 0 bridgehead atoms. The molecule has 1 saturated heterocycles. The molecule has 8 nitrogen and oxygen atoms in total. The third-order valence-electron chi connectivity index (χ3n) is 5.81. The molecule has 0 atom stereocenters. The van der Waals surface area contributed by atoms with Gasteiger partial charge in [0.1, 0.15) is 11.9 Å². The minimum Gasteiger partial charge on any atom is -0.461 e. The topological polar surface area (TPSA) is 87.2 Å². The van der Waals surface area contributed by atoms with Crippen molar-refractivity contribution in [1.82, 2.24) is 24.8 Å². The second-order valence-corrected chi connectivity index (χ2v) is 8.21. The normalized spacial score (nSPS) is 17.3. The summed E-state index contributed by atoms with van der Waals surface area (Å²) in [7, 11) is 0. The lowest BCUT2D eigenvalue weighted by molar-refractivity contribution is -0.129. The van der Waals surface area contributed by atoms with Gasteiger partial charge >= 0.3 is 0 Å². The molecule has 1 aliphatic carbocycles. The fraction of sp³-hybridized carbons (Fsp3) is 0.429. The molecule has 0 aromatic carbocycles. The molecular formula is C21H23ClN6O2. The molecule has 3 aromatic heterocycles. The number of fused-ring (bicyclic) bond motifs is 1. The van der Waals surface area contributed by atoms with Crippen LogP contribution in [0.2, 0.25) is 5.02 Å². The maximum atomic E-state index is 11.5. The number of aromatic nitrogens is 4. The highest BCUT2D eigenvalue weighted by Gasteiger charge is 2.22. The zero-order chi connectivity index (χ0) is 20.7. The molecule has 9 heteroatoms. The number of nitrogens with one attached hydrogen (secondary N) is 1. The van der Waals surface area contributed by atoms with Gasteiger partial charge in [0.2, 0.25) is 5.91 Å². The van der Waals surface area contributed by atoms with Crippen molar-refractivity contribution in [3.8, 4) is 17.3 Å². The molecule has 2 aliphatic rings. The number of carbonyl (C=O) groups excluding carboxylic acids is 1. The second kappa shape index (κ2) is 7.75. The van der Waals surface area contributed by atoms with Gasteiger partial charge in [0.15, 0.2) is 5.65 Å². The first-order chi connectivity index (χ1) is 14.6. The van der Waals surface area contributed by atoms with E-state index in [1.54, 1.807) is 13.1 Å². The zero-order valence-electron chi connectivity index (χ0n) is 16.8. The van der Waals surface area contributed by atoms with Crippen LogP contribution in [0.3, 0.4) is 0 Å². The van der Waals surface area contributed by atoms with Crippen molar-refractivity contribution in [3.05, 3.63) is 29.4 Å². The molecule has 1 aliphatic heterocycles. The van der Waals surface area contributed by atoms with Crippen LogP contribution < -0.4 is 9.64 Å². The summed E-state index contributed by atoms with van der Waals surface area (Å²) >= 11 is 6.50. The Bertz CT molecular complexity index is 1070. The Morgan fingerprint density at radius 3 is 2.63 bits per heavy atom. The first kappa shape index (κ1) is 19.1. The highest BCUT2D eigenvalue weighted by atomic mass is 35.5. The van der Waals surface area contributed by atoms with Gasteiger partial charge in [-0.3, -0.25) is 4.79 Å². The predicted octanol–water partition coefficient (Wildman–Crippen LogP) is 3.27. The Morgan fingerprint density at radius 2 is 2.00 bits per heavy atom. The van der Waals surface area contributed by atoms with E-state index < -0.39 is 0 Å². The maximum Gasteiger partial charge on any atom is 0.296 e. The minimum absolute atomic E-state index is 0.119. The monoisotopic (exact) mass is 426 g/mol. The number of halogens is 1. The summed E-state index contributed by atoms with van der Waals surface area (Å²) in [6, 6.07) is 6.26. The first-order valence-electron chi connectivity index (χ1n) is 10.3. The maximum absolute atomic E-state index is 11.5. The van der Waals surface area contributed by atoms with Gasteiger partial charge in [-0.05, 0) is 37.5 Å². The lowest BCUT2D eigenvalue weighted by atomic mass is 9.96. The van der Waals surface area contributed by atoms with Crippen molar-refractivity contribution >= 4 is 34.5 Å². The molecule has 0 unspecified atom stereocenters. The molecule has 156 valence electrons. The highest BCUT2D eigenvalue weighted by molar-refractivity contribution is 6.33. The fourth-order valence-electron chi connectivity index (χ4n) is 3.76. The van der Waals surface area contributed by atoms with E-state index in [0.717, 1.165) is 42.8 Å². The lowest BCUT2D eigenvalue weighted by Gasteiger charge is -2.34. The van der Waals surface area contributed by atoms with Crippen molar-refractivity contribution in [2.24, 2.45) is 0 Å². The van der Waals surface area contributed by atoms with Crippen molar-refractivity contribution in [2.45, 2.75) is 32.3 Å². The van der Waals surface area contributed by atoms with Crippen molar-refractivity contribution < 1.29 is 9.53 Å². The fourth-order valence-corrected chi connectivity index (χ4v) is 4.02. The van der Waals surface area contributed by atoms with Crippen LogP contribution >= 0.6 is 11.6 Å². The van der Waals surface area contributed by atoms with Gasteiger partial charge in [0, 0.05) is 44.9 Å². The van der Waals surface area contributed by atoms with Crippen LogP contribution in [0.5, 0.6) is 6.01 Å². The number of pyridine rings is 2. The van der Waals surface area contributed by atoms with Crippen LogP contribution in [0.4, 0.5) is 5.82 Å². The van der Waals surface area contributed by atoms with E-state index in [4.69, 9.17) is 16.3 Å². The number of nitrogens with zero attached hydrogens (tertiary/aromatic N) is 5. The van der Waals surface area contributed by atoms with Gasteiger partial charge in [-0.2, -0.15) is 4.98 Å². The number of hydrogen-bond donors (Lipinski definition) is 1. The Hall–Kier alpha value is -2.87. The van der Waals surface area contributed by atoms with Gasteiger partial charge in [-0.1, -0.05) is 11.6 Å². The van der Waals surface area contributed by atoms with Crippen LogP contribution in [0, 0.1) is 0 Å². The summed E-state index contributed by atoms with van der Waals surface area (Å²) in [5.41, 5.74) is 2.81. The van der Waals surface area contributed by atoms with E-state index in [1.165, 1.54) is 6.42 Å². The smallest absolute Gasteiger partial charge is 0.296 e. The number of aromatic amines is 1. The molecule has 30 heavy (non-hydrogen) atoms. The Labute approximate surface area is 179 Å². The quantitative estimate of drug-likeness (QED) is 0.688. The molecule has 5 rings (SSSR count). The molecule has 1 saturated carbocycles. The van der Waals surface area contributed by atoms with E-state index in [1.807, 2.05) is 23.1 Å². The summed E-state index contributed by atoms with van der Waals surface area (Å²) in [6.45, 7) is 4.58. The van der Waals surface area contributed by atoms with E-state index in [-0.39, 0.29) is 12.0 Å². The minimum atomic E-state index is 0.119. The molecule has 1 N–H and O–H groups in total. The molecule has 3 aromatic rings. The molecule has 1 amide bonds. The number of amides is 1. The summed E-state index contributed by atoms with van der Waals surface area (Å²) in [6.07, 6.45) is 5.37. The van der Waals surface area contributed by atoms with Crippen LogP contribution in [0.1, 0.15) is 26.2 Å². The first-order valence-corrected chi connectivity index (χ1v) is 10.6. The van der Waals surface area contributed by atoms with Crippen LogP contribution in [0.25, 0.3) is 22.4 Å². The second-order valence-electron chi connectivity index (χ2n) is 7.80. The number of hydrogen-bond acceptors (Lipinski definition) is 6. The van der Waals surface area contributed by atoms with Gasteiger partial charge in [0.25, 0.3) is 6.01 Å². The number of anilines is 1. The van der Waals surface area contributed by atoms with Crippen molar-refractivity contribution in [3.63, 3.8) is 0 Å². The van der Waals surface area contributed by atoms with E-state index in [9.17, 15) is 4.79 Å². The van der Waals surface area contributed by atoms with Crippen molar-refractivity contribution in [2.75, 3.05) is 31.1 Å². The molecule has 0 spiro atoms. The van der Waals surface area contributed by atoms with Gasteiger partial charge in [-0.15, -0.1) is 0 Å². The molecule has 2 fully saturated rings. The number of rotatable bonds is 4. The van der Waals surface area contributed by atoms with E-state index >= 15 is 0 Å². The highest BCUT2D eigenvalue weighted by Crippen LogP contribution is 2.31. The third kappa shape index (κ3) is 3.67. The average Bonchev–Trinajstić information content (AvgIpc) is 3.12. The van der Waals surface area contributed by atoms with E-state index in [2.05, 4.69) is 24.8 Å². The number of H-pyrrole nitrogens is 1. The van der Waals surface area contributed by atoms with Gasteiger partial charge in [0.05, 0.1) is 16.2 Å². The van der Waals surface area contributed by atoms with Crippen LogP contribution in [0.15, 0.2) is 24.4 Å².